The summed E-state index contributed by atoms with van der Waals surface area (Å²) >= 11 is 0. The number of aryl methyl sites for hydroxylation is 1. The monoisotopic (exact) mass is 586 g/mol. The van der Waals surface area contributed by atoms with E-state index in [1.807, 2.05) is 0 Å². The van der Waals surface area contributed by atoms with Crippen LogP contribution in [0.15, 0.2) is 39.5 Å². The normalized spacial score (nSPS) is 14.5. The van der Waals surface area contributed by atoms with Crippen molar-refractivity contribution in [2.45, 2.75) is 26.4 Å². The Hall–Kier alpha value is -5.45. The first-order chi connectivity index (χ1) is 20.5. The molecule has 0 bridgehead atoms. The number of cyclic esters (lactones) is 1. The minimum Gasteiger partial charge on any atom is -0.507 e. The fraction of sp³-hybridized carbons (Fsp3) is 0.219. The Morgan fingerprint density at radius 3 is 2.21 bits per heavy atom. The van der Waals surface area contributed by atoms with E-state index in [1.165, 1.54) is 39.5 Å². The fourth-order valence-corrected chi connectivity index (χ4v) is 5.92. The molecular formula is C32H26O11. The van der Waals surface area contributed by atoms with Crippen LogP contribution in [-0.4, -0.2) is 54.7 Å². The maximum absolute atomic E-state index is 14.0. The van der Waals surface area contributed by atoms with Gasteiger partial charge in [-0.2, -0.15) is 0 Å². The average molecular weight is 587 g/mol. The number of carbonyl (C=O) groups is 2. The van der Waals surface area contributed by atoms with Gasteiger partial charge in [-0.15, -0.1) is 0 Å². The molecule has 0 saturated heterocycles. The Labute approximate surface area is 243 Å². The number of methoxy groups -OCH3 is 3. The molecule has 1 aliphatic heterocycles. The summed E-state index contributed by atoms with van der Waals surface area (Å²) in [6.45, 7) is 3.40. The van der Waals surface area contributed by atoms with Crippen LogP contribution >= 0.6 is 0 Å². The summed E-state index contributed by atoms with van der Waals surface area (Å²) in [7, 11) is 4.14. The predicted octanol–water partition coefficient (Wildman–Crippen LogP) is 5.31. The van der Waals surface area contributed by atoms with Gasteiger partial charge in [0.1, 0.15) is 40.1 Å². The first kappa shape index (κ1) is 27.7. The quantitative estimate of drug-likeness (QED) is 0.181. The number of ether oxygens (including phenoxy) is 4. The highest BCUT2D eigenvalue weighted by Crippen LogP contribution is 2.53. The van der Waals surface area contributed by atoms with Crippen molar-refractivity contribution in [3.05, 3.63) is 62.8 Å². The highest BCUT2D eigenvalue weighted by atomic mass is 16.5. The zero-order valence-corrected chi connectivity index (χ0v) is 23.8. The molecule has 0 radical (unpaired) electrons. The van der Waals surface area contributed by atoms with Crippen molar-refractivity contribution in [2.75, 3.05) is 21.3 Å². The smallest absolute Gasteiger partial charge is 0.339 e. The second-order valence-electron chi connectivity index (χ2n) is 10.4. The minimum atomic E-state index is -1.32. The van der Waals surface area contributed by atoms with E-state index in [2.05, 4.69) is 0 Å². The van der Waals surface area contributed by atoms with Gasteiger partial charge in [0.2, 0.25) is 5.43 Å². The van der Waals surface area contributed by atoms with E-state index in [0.717, 1.165) is 0 Å². The van der Waals surface area contributed by atoms with Crippen LogP contribution in [0.3, 0.4) is 0 Å². The maximum Gasteiger partial charge on any atom is 0.339 e. The number of carbonyl (C=O) groups excluding carboxylic acids is 1. The number of aromatic hydroxyl groups is 2. The molecule has 220 valence electrons. The van der Waals surface area contributed by atoms with Crippen LogP contribution in [0.5, 0.6) is 28.7 Å². The molecule has 0 amide bonds. The van der Waals surface area contributed by atoms with Gasteiger partial charge in [-0.3, -0.25) is 4.79 Å². The maximum atomic E-state index is 14.0. The lowest BCUT2D eigenvalue weighted by atomic mass is 9.87. The fourth-order valence-electron chi connectivity index (χ4n) is 5.92. The molecular weight excluding hydrogens is 560 g/mol. The molecule has 0 spiro atoms. The highest BCUT2D eigenvalue weighted by Gasteiger charge is 2.32. The number of carboxylic acids is 1. The van der Waals surface area contributed by atoms with Gasteiger partial charge >= 0.3 is 11.9 Å². The molecule has 3 N–H and O–H groups in total. The summed E-state index contributed by atoms with van der Waals surface area (Å²) < 4.78 is 28.4. The van der Waals surface area contributed by atoms with E-state index in [9.17, 15) is 29.7 Å². The molecule has 0 fully saturated rings. The molecule has 11 heteroatoms. The lowest BCUT2D eigenvalue weighted by Crippen LogP contribution is -2.25. The molecule has 1 aliphatic rings. The summed E-state index contributed by atoms with van der Waals surface area (Å²) in [5.41, 5.74) is 0.740. The van der Waals surface area contributed by atoms with E-state index in [0.29, 0.717) is 40.0 Å². The van der Waals surface area contributed by atoms with Crippen molar-refractivity contribution in [1.29, 1.82) is 0 Å². The van der Waals surface area contributed by atoms with Crippen LogP contribution in [0.1, 0.15) is 38.8 Å². The number of fused-ring (bicyclic) bond motifs is 4. The summed E-state index contributed by atoms with van der Waals surface area (Å²) in [5.74, 6) is -2.48. The highest BCUT2D eigenvalue weighted by molar-refractivity contribution is 6.17. The molecule has 43 heavy (non-hydrogen) atoms. The number of hydrogen-bond donors (Lipinski definition) is 3. The van der Waals surface area contributed by atoms with Gasteiger partial charge < -0.3 is 38.7 Å². The van der Waals surface area contributed by atoms with E-state index >= 15 is 0 Å². The van der Waals surface area contributed by atoms with Crippen LogP contribution in [0.25, 0.3) is 43.8 Å². The van der Waals surface area contributed by atoms with Crippen molar-refractivity contribution < 1.29 is 48.3 Å². The first-order valence-corrected chi connectivity index (χ1v) is 13.2. The van der Waals surface area contributed by atoms with Gasteiger partial charge in [-0.1, -0.05) is 0 Å². The van der Waals surface area contributed by atoms with Crippen LogP contribution in [0.2, 0.25) is 0 Å². The standard InChI is InChI=1S/C32H26O11/c1-12-6-19-25(34)24-29(41-5)23-22(26(35)30(24)43-27(19)20(7-12)31(36)37)21(33)11-17(28(23)40-4)16-9-14(39-3)10-18-15(16)8-13(2)42-32(18)38/h6-7,9-11,13,33,35H,8H2,1-5H3,(H,36,37)/t13-/m1/s1. The second kappa shape index (κ2) is 9.83. The average Bonchev–Trinajstić information content (AvgIpc) is 2.97. The largest absolute Gasteiger partial charge is 0.507 e. The third-order valence-electron chi connectivity index (χ3n) is 7.71. The Bertz CT molecular complexity index is 2110. The van der Waals surface area contributed by atoms with Gasteiger partial charge in [0, 0.05) is 12.0 Å². The van der Waals surface area contributed by atoms with Gasteiger partial charge in [0.15, 0.2) is 16.9 Å². The number of rotatable bonds is 5. The topological polar surface area (TPSA) is 162 Å². The number of phenolic OH excluding ortho intramolecular Hbond substituents is 2. The first-order valence-electron chi connectivity index (χ1n) is 13.2. The summed E-state index contributed by atoms with van der Waals surface area (Å²) in [6, 6.07) is 7.47. The Morgan fingerprint density at radius 1 is 0.860 bits per heavy atom. The van der Waals surface area contributed by atoms with Gasteiger partial charge in [0.05, 0.1) is 43.1 Å². The van der Waals surface area contributed by atoms with E-state index < -0.39 is 35.0 Å². The van der Waals surface area contributed by atoms with Gasteiger partial charge in [-0.05, 0) is 60.9 Å². The molecule has 2 heterocycles. The molecule has 6 rings (SSSR count). The van der Waals surface area contributed by atoms with Crippen LogP contribution < -0.4 is 19.6 Å². The van der Waals surface area contributed by atoms with Crippen LogP contribution in [-0.2, 0) is 11.2 Å². The van der Waals surface area contributed by atoms with Crippen molar-refractivity contribution in [2.24, 2.45) is 0 Å². The summed E-state index contributed by atoms with van der Waals surface area (Å²) in [6.07, 6.45) is -0.0599. The SMILES string of the molecule is COc1cc2c(c(-c3cc(O)c4c(O)c5oc6c(C(=O)O)cc(C)cc6c(=O)c5c(OC)c4c3OC)c1)C[C@@H](C)OC2=O. The number of hydrogen-bond acceptors (Lipinski definition) is 10. The van der Waals surface area contributed by atoms with Crippen molar-refractivity contribution in [3.63, 3.8) is 0 Å². The molecule has 4 aromatic carbocycles. The molecule has 0 saturated carbocycles. The van der Waals surface area contributed by atoms with Gasteiger partial charge in [0.25, 0.3) is 0 Å². The molecule has 0 aliphatic carbocycles. The third-order valence-corrected chi connectivity index (χ3v) is 7.71. The van der Waals surface area contributed by atoms with E-state index in [4.69, 9.17) is 23.4 Å². The summed E-state index contributed by atoms with van der Waals surface area (Å²) in [4.78, 5) is 38.8. The number of esters is 1. The number of phenols is 2. The Balaban J connectivity index is 1.81. The molecule has 1 atom stereocenters. The molecule has 0 unspecified atom stereocenters. The molecule has 11 nitrogen and oxygen atoms in total. The lowest BCUT2D eigenvalue weighted by Gasteiger charge is -2.26. The molecule has 1 aromatic heterocycles. The van der Waals surface area contributed by atoms with E-state index in [-0.39, 0.29) is 49.8 Å². The van der Waals surface area contributed by atoms with Crippen LogP contribution in [0, 0.1) is 6.92 Å². The minimum absolute atomic E-state index is 0.0318. The van der Waals surface area contributed by atoms with Crippen molar-refractivity contribution in [1.82, 2.24) is 0 Å². The van der Waals surface area contributed by atoms with Crippen molar-refractivity contribution in [3.8, 4) is 39.9 Å². The number of benzene rings is 4. The third kappa shape index (κ3) is 3.99. The second-order valence-corrected chi connectivity index (χ2v) is 10.4. The Morgan fingerprint density at radius 2 is 1.56 bits per heavy atom. The molecule has 5 aromatic rings. The summed E-state index contributed by atoms with van der Waals surface area (Å²) in [5, 5.41) is 32.3. The Kier molecular flexibility index (Phi) is 6.33. The van der Waals surface area contributed by atoms with Crippen LogP contribution in [0.4, 0.5) is 0 Å². The van der Waals surface area contributed by atoms with Crippen molar-refractivity contribution >= 4 is 44.6 Å². The lowest BCUT2D eigenvalue weighted by molar-refractivity contribution is 0.0301. The van der Waals surface area contributed by atoms with Gasteiger partial charge in [-0.25, -0.2) is 9.59 Å². The van der Waals surface area contributed by atoms with E-state index in [1.54, 1.807) is 26.0 Å². The zero-order valence-electron chi connectivity index (χ0n) is 23.8. The zero-order chi connectivity index (χ0) is 30.9. The number of carboxylic acid groups (broad SMARTS) is 1. The number of aromatic carboxylic acids is 1. The predicted molar refractivity (Wildman–Crippen MR) is 156 cm³/mol.